The van der Waals surface area contributed by atoms with Gasteiger partial charge in [-0.05, 0) is 62.3 Å². The van der Waals surface area contributed by atoms with Crippen LogP contribution in [0.4, 0.5) is 10.3 Å². The molecule has 0 radical (unpaired) electrons. The van der Waals surface area contributed by atoms with Gasteiger partial charge in [-0.3, -0.25) is 9.59 Å². The highest BCUT2D eigenvalue weighted by atomic mass is 32.2. The van der Waals surface area contributed by atoms with Crippen molar-refractivity contribution in [3.8, 4) is 11.3 Å². The van der Waals surface area contributed by atoms with Crippen LogP contribution in [-0.4, -0.2) is 79.0 Å². The Morgan fingerprint density at radius 2 is 1.42 bits per heavy atom. The molecule has 1 aromatic carbocycles. The number of aliphatic hydroxyl groups excluding tert-OH is 2. The van der Waals surface area contributed by atoms with Gasteiger partial charge in [0.2, 0.25) is 27.8 Å². The van der Waals surface area contributed by atoms with Gasteiger partial charge in [-0.25, -0.2) is 27.1 Å². The Hall–Kier alpha value is -3.68. The van der Waals surface area contributed by atoms with Crippen LogP contribution in [0.1, 0.15) is 141 Å². The van der Waals surface area contributed by atoms with Crippen molar-refractivity contribution in [2.45, 2.75) is 142 Å². The zero-order valence-corrected chi connectivity index (χ0v) is 34.6. The molecule has 11 nitrogen and oxygen atoms in total. The lowest BCUT2D eigenvalue weighted by Gasteiger charge is -2.20. The molecule has 0 spiro atoms. The molecule has 0 aliphatic heterocycles. The molecule has 0 fully saturated rings. The summed E-state index contributed by atoms with van der Waals surface area (Å²) in [5.74, 6) is -1.14. The Morgan fingerprint density at radius 1 is 0.855 bits per heavy atom. The van der Waals surface area contributed by atoms with Gasteiger partial charge in [-0.2, -0.15) is 0 Å². The number of amides is 2. The van der Waals surface area contributed by atoms with Gasteiger partial charge in [-0.1, -0.05) is 96.4 Å². The lowest BCUT2D eigenvalue weighted by Crippen LogP contribution is -2.36. The van der Waals surface area contributed by atoms with E-state index in [2.05, 4.69) is 39.7 Å². The fourth-order valence-corrected chi connectivity index (χ4v) is 6.36. The molecule has 1 aromatic heterocycles. The maximum absolute atomic E-state index is 13.8. The molecule has 308 valence electrons. The number of aromatic nitrogens is 2. The third-order valence-corrected chi connectivity index (χ3v) is 10.4. The molecule has 0 saturated carbocycles. The molecule has 2 rings (SSSR count). The molecule has 2 aromatic rings. The molecule has 0 aliphatic carbocycles. The van der Waals surface area contributed by atoms with Crippen molar-refractivity contribution >= 4 is 33.9 Å². The summed E-state index contributed by atoms with van der Waals surface area (Å²) in [5, 5.41) is 26.8. The van der Waals surface area contributed by atoms with E-state index < -0.39 is 34.0 Å². The number of carbonyl (C=O) groups is 2. The van der Waals surface area contributed by atoms with Gasteiger partial charge in [0.25, 0.3) is 0 Å². The first kappa shape index (κ1) is 47.5. The Morgan fingerprint density at radius 3 is 2.00 bits per heavy atom. The highest BCUT2D eigenvalue weighted by molar-refractivity contribution is 7.92. The highest BCUT2D eigenvalue weighted by Gasteiger charge is 2.23. The average Bonchev–Trinajstić information content (AvgIpc) is 3.13. The van der Waals surface area contributed by atoms with Gasteiger partial charge in [0.1, 0.15) is 5.82 Å². The lowest BCUT2D eigenvalue weighted by molar-refractivity contribution is -0.124. The summed E-state index contributed by atoms with van der Waals surface area (Å²) in [7, 11) is -2.34. The molecule has 0 aliphatic rings. The van der Waals surface area contributed by atoms with Crippen LogP contribution in [0.2, 0.25) is 0 Å². The number of hydrogen-bond donors (Lipinski definition) is 4. The summed E-state index contributed by atoms with van der Waals surface area (Å²) in [5.41, 5.74) is 1.85. The predicted octanol–water partition coefficient (Wildman–Crippen LogP) is 7.59. The maximum Gasteiger partial charge on any atom is 0.239 e. The van der Waals surface area contributed by atoms with Crippen LogP contribution in [0.15, 0.2) is 42.5 Å². The largest absolute Gasteiger partial charge is 0.392 e. The first-order chi connectivity index (χ1) is 26.2. The van der Waals surface area contributed by atoms with Crippen LogP contribution in [0.5, 0.6) is 0 Å². The molecule has 1 heterocycles. The summed E-state index contributed by atoms with van der Waals surface area (Å²) in [4.78, 5) is 33.6. The molecular weight excluding hydrogens is 722 g/mol. The number of benzene rings is 1. The number of rotatable bonds is 28. The molecule has 2 atom stereocenters. The molecule has 0 saturated heterocycles. The van der Waals surface area contributed by atoms with E-state index in [0.29, 0.717) is 28.9 Å². The molecule has 2 amide bonds. The lowest BCUT2D eigenvalue weighted by atomic mass is 9.97. The standard InChI is InChI=1S/C42H66FN5O6S/c1-6-7-8-9-10-11-12-13-14-15-16-17-18-19-20-21-38(51)44-28-29-45-39(52)31-36(50)30-35(49)26-27-37-40(32(2)3)46-42(48(4)55(5,53)54)47-41(37)33-22-24-34(43)25-23-33/h13-14,22-27,32,35-36,49-50H,6-12,15-21,28-31H2,1-5H3,(H,44,51)(H,45,52)/b14-13-,27-26+/t35-,36-/m1/s1. The minimum Gasteiger partial charge on any atom is -0.392 e. The number of hydrogen-bond acceptors (Lipinski definition) is 8. The van der Waals surface area contributed by atoms with Gasteiger partial charge in [0.15, 0.2) is 0 Å². The number of carbonyl (C=O) groups excluding carboxylic acids is 2. The number of aliphatic hydroxyl groups is 2. The topological polar surface area (TPSA) is 162 Å². The molecule has 4 N–H and O–H groups in total. The molecule has 0 bridgehead atoms. The zero-order chi connectivity index (χ0) is 40.6. The third-order valence-electron chi connectivity index (χ3n) is 9.26. The zero-order valence-electron chi connectivity index (χ0n) is 33.7. The number of anilines is 1. The maximum atomic E-state index is 13.8. The van der Waals surface area contributed by atoms with Gasteiger partial charge in [0.05, 0.1) is 36.3 Å². The van der Waals surface area contributed by atoms with Crippen molar-refractivity contribution in [1.82, 2.24) is 20.6 Å². The number of unbranched alkanes of at least 4 members (excludes halogenated alkanes) is 11. The smallest absolute Gasteiger partial charge is 0.239 e. The van der Waals surface area contributed by atoms with E-state index >= 15 is 0 Å². The van der Waals surface area contributed by atoms with E-state index in [4.69, 9.17) is 0 Å². The number of nitrogens with one attached hydrogen (secondary N) is 2. The number of allylic oxidation sites excluding steroid dienone is 2. The Bertz CT molecular complexity index is 1600. The first-order valence-electron chi connectivity index (χ1n) is 20.1. The first-order valence-corrected chi connectivity index (χ1v) is 21.9. The van der Waals surface area contributed by atoms with Crippen LogP contribution >= 0.6 is 0 Å². The average molecular weight is 788 g/mol. The third kappa shape index (κ3) is 19.7. The van der Waals surface area contributed by atoms with E-state index in [0.717, 1.165) is 36.2 Å². The number of sulfonamides is 1. The summed E-state index contributed by atoms with van der Waals surface area (Å²) >= 11 is 0. The normalized spacial score (nSPS) is 13.1. The minimum atomic E-state index is -3.68. The molecule has 13 heteroatoms. The van der Waals surface area contributed by atoms with Crippen LogP contribution in [0.25, 0.3) is 17.3 Å². The number of nitrogens with zero attached hydrogens (tertiary/aromatic N) is 3. The molecular formula is C42H66FN5O6S. The summed E-state index contributed by atoms with van der Waals surface area (Å²) in [6.07, 6.45) is 22.1. The fraction of sp³-hybridized carbons (Fsp3) is 0.619. The van der Waals surface area contributed by atoms with Crippen LogP contribution in [-0.2, 0) is 19.6 Å². The van der Waals surface area contributed by atoms with Crippen molar-refractivity contribution in [2.24, 2.45) is 0 Å². The minimum absolute atomic E-state index is 0.0486. The van der Waals surface area contributed by atoms with Crippen molar-refractivity contribution in [2.75, 3.05) is 30.7 Å². The fourth-order valence-electron chi connectivity index (χ4n) is 5.98. The monoisotopic (exact) mass is 787 g/mol. The van der Waals surface area contributed by atoms with E-state index in [1.165, 1.54) is 95.2 Å². The quantitative estimate of drug-likeness (QED) is 0.0507. The van der Waals surface area contributed by atoms with Crippen LogP contribution < -0.4 is 14.9 Å². The van der Waals surface area contributed by atoms with E-state index in [-0.39, 0.29) is 43.7 Å². The Kier molecular flexibility index (Phi) is 22.6. The highest BCUT2D eigenvalue weighted by Crippen LogP contribution is 2.32. The van der Waals surface area contributed by atoms with Gasteiger partial charge < -0.3 is 20.8 Å². The van der Waals surface area contributed by atoms with Crippen LogP contribution in [0.3, 0.4) is 0 Å². The van der Waals surface area contributed by atoms with Gasteiger partial charge in [-0.15, -0.1) is 0 Å². The van der Waals surface area contributed by atoms with Gasteiger partial charge >= 0.3 is 0 Å². The predicted molar refractivity (Wildman–Crippen MR) is 221 cm³/mol. The van der Waals surface area contributed by atoms with Crippen molar-refractivity contribution in [3.05, 3.63) is 59.6 Å². The Balaban J connectivity index is 1.74. The summed E-state index contributed by atoms with van der Waals surface area (Å²) < 4.78 is 39.3. The second-order valence-corrected chi connectivity index (χ2v) is 16.6. The van der Waals surface area contributed by atoms with Crippen molar-refractivity contribution < 1.29 is 32.6 Å². The van der Waals surface area contributed by atoms with E-state index in [1.807, 2.05) is 13.8 Å². The Labute approximate surface area is 329 Å². The van der Waals surface area contributed by atoms with Crippen molar-refractivity contribution in [3.63, 3.8) is 0 Å². The van der Waals surface area contributed by atoms with Crippen LogP contribution in [0, 0.1) is 5.82 Å². The summed E-state index contributed by atoms with van der Waals surface area (Å²) in [6.45, 7) is 6.51. The van der Waals surface area contributed by atoms with E-state index in [9.17, 15) is 32.6 Å². The summed E-state index contributed by atoms with van der Waals surface area (Å²) in [6, 6.07) is 5.58. The van der Waals surface area contributed by atoms with Gasteiger partial charge in [0, 0.05) is 44.1 Å². The number of halogens is 1. The van der Waals surface area contributed by atoms with E-state index in [1.54, 1.807) is 6.08 Å². The molecule has 55 heavy (non-hydrogen) atoms. The second-order valence-electron chi connectivity index (χ2n) is 14.6. The SMILES string of the molecule is CCCCCCCC/C=C\CCCCCCCC(=O)NCCNC(=O)C[C@H](O)C[C@H](O)/C=C/c1c(-c2ccc(F)cc2)nc(N(C)S(C)(=O)=O)nc1C(C)C. The molecule has 0 unspecified atom stereocenters. The second kappa shape index (κ2) is 26.2. The van der Waals surface area contributed by atoms with Crippen molar-refractivity contribution in [1.29, 1.82) is 0 Å².